The van der Waals surface area contributed by atoms with Crippen LogP contribution >= 0.6 is 0 Å². The number of nitrogens with zero attached hydrogens (tertiary/aromatic N) is 2. The highest BCUT2D eigenvalue weighted by molar-refractivity contribution is 5.96. The number of hydrogen-bond acceptors (Lipinski definition) is 7. The number of hydrazine groups is 1. The first-order valence-electron chi connectivity index (χ1n) is 7.68. The standard InChI is InChI=1S/C17H17N3O6/c1-8(21)20-17(2,10(7-18)16(23)19-20)11-12(22)15(25-4)14-9(5-6-26-14)13(11)24-3/h5-6,10,22H,1-4H3,(H,19,23). The van der Waals surface area contributed by atoms with Gasteiger partial charge in [-0.25, -0.2) is 5.01 Å². The van der Waals surface area contributed by atoms with Crippen molar-refractivity contribution in [1.29, 1.82) is 5.26 Å². The summed E-state index contributed by atoms with van der Waals surface area (Å²) < 4.78 is 16.1. The molecule has 136 valence electrons. The molecule has 1 aliphatic rings. The van der Waals surface area contributed by atoms with E-state index in [2.05, 4.69) is 5.43 Å². The Morgan fingerprint density at radius 2 is 2.08 bits per heavy atom. The third-order valence-electron chi connectivity index (χ3n) is 4.66. The molecule has 0 bridgehead atoms. The predicted molar refractivity (Wildman–Crippen MR) is 88.1 cm³/mol. The zero-order chi connectivity index (χ0) is 19.2. The molecule has 2 unspecified atom stereocenters. The number of rotatable bonds is 3. The van der Waals surface area contributed by atoms with Gasteiger partial charge < -0.3 is 19.0 Å². The molecular formula is C17H17N3O6. The van der Waals surface area contributed by atoms with Crippen LogP contribution in [-0.2, 0) is 15.1 Å². The Kier molecular flexibility index (Phi) is 3.91. The van der Waals surface area contributed by atoms with Gasteiger partial charge in [-0.05, 0) is 13.0 Å². The minimum Gasteiger partial charge on any atom is -0.504 e. The quantitative estimate of drug-likeness (QED) is 0.848. The predicted octanol–water partition coefficient (Wildman–Crippen LogP) is 1.40. The van der Waals surface area contributed by atoms with Gasteiger partial charge in [0.25, 0.3) is 5.91 Å². The number of nitriles is 1. The lowest BCUT2D eigenvalue weighted by Gasteiger charge is -2.36. The van der Waals surface area contributed by atoms with Crippen LogP contribution in [0.3, 0.4) is 0 Å². The van der Waals surface area contributed by atoms with Crippen LogP contribution in [0.2, 0.25) is 0 Å². The Morgan fingerprint density at radius 3 is 2.62 bits per heavy atom. The molecule has 1 fully saturated rings. The molecule has 3 rings (SSSR count). The second kappa shape index (κ2) is 5.84. The van der Waals surface area contributed by atoms with Gasteiger partial charge in [0.15, 0.2) is 17.3 Å². The highest BCUT2D eigenvalue weighted by atomic mass is 16.5. The fourth-order valence-electron chi connectivity index (χ4n) is 3.52. The Balaban J connectivity index is 2.46. The second-order valence-corrected chi connectivity index (χ2v) is 5.99. The van der Waals surface area contributed by atoms with Crippen LogP contribution in [0.25, 0.3) is 11.0 Å². The van der Waals surface area contributed by atoms with Gasteiger partial charge in [0.1, 0.15) is 11.3 Å². The first kappa shape index (κ1) is 17.4. The van der Waals surface area contributed by atoms with Gasteiger partial charge in [-0.3, -0.25) is 15.0 Å². The molecule has 2 atom stereocenters. The van der Waals surface area contributed by atoms with E-state index in [0.717, 1.165) is 5.01 Å². The van der Waals surface area contributed by atoms with E-state index >= 15 is 0 Å². The number of aromatic hydroxyl groups is 1. The summed E-state index contributed by atoms with van der Waals surface area (Å²) in [7, 11) is 2.72. The summed E-state index contributed by atoms with van der Waals surface area (Å²) in [4.78, 5) is 24.4. The number of carbonyl (C=O) groups excluding carboxylic acids is 2. The smallest absolute Gasteiger partial charge is 0.258 e. The summed E-state index contributed by atoms with van der Waals surface area (Å²) >= 11 is 0. The molecule has 0 aliphatic carbocycles. The minimum atomic E-state index is -1.54. The third-order valence-corrected chi connectivity index (χ3v) is 4.66. The summed E-state index contributed by atoms with van der Waals surface area (Å²) in [5.74, 6) is -2.62. The molecule has 1 aliphatic heterocycles. The van der Waals surface area contributed by atoms with Crippen molar-refractivity contribution in [2.24, 2.45) is 5.92 Å². The van der Waals surface area contributed by atoms with Gasteiger partial charge in [0, 0.05) is 6.92 Å². The number of carbonyl (C=O) groups is 2. The maximum atomic E-state index is 12.3. The van der Waals surface area contributed by atoms with E-state index in [0.29, 0.717) is 5.39 Å². The zero-order valence-corrected chi connectivity index (χ0v) is 14.6. The summed E-state index contributed by atoms with van der Waals surface area (Å²) in [5, 5.41) is 21.9. The molecule has 1 aromatic carbocycles. The van der Waals surface area contributed by atoms with Crippen molar-refractivity contribution < 1.29 is 28.6 Å². The van der Waals surface area contributed by atoms with Crippen molar-refractivity contribution in [3.05, 3.63) is 17.9 Å². The monoisotopic (exact) mass is 359 g/mol. The van der Waals surface area contributed by atoms with E-state index in [1.807, 2.05) is 6.07 Å². The SMILES string of the molecule is COc1c(C2(C)C(C#N)C(=O)NN2C(C)=O)c(O)c(OC)c2occc12. The number of ether oxygens (including phenoxy) is 2. The fourth-order valence-corrected chi connectivity index (χ4v) is 3.52. The maximum absolute atomic E-state index is 12.3. The third kappa shape index (κ3) is 2.02. The van der Waals surface area contributed by atoms with Crippen molar-refractivity contribution in [1.82, 2.24) is 10.4 Å². The molecule has 9 nitrogen and oxygen atoms in total. The van der Waals surface area contributed by atoms with Crippen LogP contribution in [-0.4, -0.2) is 36.1 Å². The van der Waals surface area contributed by atoms with Gasteiger partial charge >= 0.3 is 0 Å². The average Bonchev–Trinajstić information content (AvgIpc) is 3.16. The van der Waals surface area contributed by atoms with Crippen LogP contribution in [0.15, 0.2) is 16.7 Å². The molecule has 0 radical (unpaired) electrons. The number of benzene rings is 1. The highest BCUT2D eigenvalue weighted by Crippen LogP contribution is 2.54. The number of fused-ring (bicyclic) bond motifs is 1. The number of methoxy groups -OCH3 is 2. The van der Waals surface area contributed by atoms with Crippen molar-refractivity contribution in [3.63, 3.8) is 0 Å². The van der Waals surface area contributed by atoms with Gasteiger partial charge in [-0.1, -0.05) is 0 Å². The number of amides is 2. The molecule has 0 spiro atoms. The lowest BCUT2D eigenvalue weighted by Crippen LogP contribution is -2.49. The van der Waals surface area contributed by atoms with Crippen LogP contribution in [0.1, 0.15) is 19.4 Å². The van der Waals surface area contributed by atoms with Crippen molar-refractivity contribution in [2.75, 3.05) is 14.2 Å². The first-order chi connectivity index (χ1) is 12.3. The van der Waals surface area contributed by atoms with Crippen LogP contribution in [0.5, 0.6) is 17.2 Å². The Bertz CT molecular complexity index is 960. The number of phenolic OH excluding ortho intramolecular Hbond substituents is 1. The van der Waals surface area contributed by atoms with Crippen molar-refractivity contribution in [2.45, 2.75) is 19.4 Å². The molecular weight excluding hydrogens is 342 g/mol. The normalized spacial score (nSPS) is 22.2. The van der Waals surface area contributed by atoms with E-state index in [4.69, 9.17) is 13.9 Å². The van der Waals surface area contributed by atoms with E-state index in [1.165, 1.54) is 34.3 Å². The fraction of sp³-hybridized carbons (Fsp3) is 0.353. The van der Waals surface area contributed by atoms with Crippen molar-refractivity contribution in [3.8, 4) is 23.3 Å². The average molecular weight is 359 g/mol. The van der Waals surface area contributed by atoms with Crippen LogP contribution < -0.4 is 14.9 Å². The topological polar surface area (TPSA) is 125 Å². The van der Waals surface area contributed by atoms with E-state index < -0.39 is 23.3 Å². The zero-order valence-electron chi connectivity index (χ0n) is 14.6. The lowest BCUT2D eigenvalue weighted by atomic mass is 9.79. The summed E-state index contributed by atoms with van der Waals surface area (Å²) in [6.45, 7) is 2.75. The summed E-state index contributed by atoms with van der Waals surface area (Å²) in [6.07, 6.45) is 1.39. The number of hydrogen-bond donors (Lipinski definition) is 2. The molecule has 0 saturated carbocycles. The van der Waals surface area contributed by atoms with E-state index in [1.54, 1.807) is 6.07 Å². The van der Waals surface area contributed by atoms with Crippen LogP contribution in [0, 0.1) is 17.2 Å². The van der Waals surface area contributed by atoms with E-state index in [-0.39, 0.29) is 28.4 Å². The van der Waals surface area contributed by atoms with Crippen LogP contribution in [0.4, 0.5) is 0 Å². The van der Waals surface area contributed by atoms with Gasteiger partial charge in [-0.15, -0.1) is 0 Å². The van der Waals surface area contributed by atoms with Gasteiger partial charge in [0.05, 0.1) is 37.5 Å². The first-order valence-corrected chi connectivity index (χ1v) is 7.68. The second-order valence-electron chi connectivity index (χ2n) is 5.99. The molecule has 2 N–H and O–H groups in total. The molecule has 26 heavy (non-hydrogen) atoms. The van der Waals surface area contributed by atoms with E-state index in [9.17, 15) is 20.0 Å². The maximum Gasteiger partial charge on any atom is 0.258 e. The minimum absolute atomic E-state index is 0.0153. The molecule has 2 aromatic rings. The summed E-state index contributed by atoms with van der Waals surface area (Å²) in [5.41, 5.74) is 1.18. The largest absolute Gasteiger partial charge is 0.504 e. The lowest BCUT2D eigenvalue weighted by molar-refractivity contribution is -0.138. The Morgan fingerprint density at radius 1 is 1.42 bits per heavy atom. The Labute approximate surface area is 148 Å². The molecule has 2 amide bonds. The van der Waals surface area contributed by atoms with Crippen molar-refractivity contribution >= 4 is 22.8 Å². The van der Waals surface area contributed by atoms with Gasteiger partial charge in [-0.2, -0.15) is 5.26 Å². The molecule has 1 aromatic heterocycles. The molecule has 1 saturated heterocycles. The number of furan rings is 1. The molecule has 2 heterocycles. The number of phenols is 1. The summed E-state index contributed by atoms with van der Waals surface area (Å²) in [6, 6.07) is 3.51. The highest BCUT2D eigenvalue weighted by Gasteiger charge is 2.57. The molecule has 9 heteroatoms. The van der Waals surface area contributed by atoms with Gasteiger partial charge in [0.2, 0.25) is 11.7 Å². The Hall–Kier alpha value is -3.41. The number of nitrogens with one attached hydrogen (secondary N) is 1.